The van der Waals surface area contributed by atoms with E-state index in [0.717, 1.165) is 11.3 Å². The second-order valence-electron chi connectivity index (χ2n) is 3.25. The summed E-state index contributed by atoms with van der Waals surface area (Å²) in [6, 6.07) is 8.83. The average molecular weight is 236 g/mol. The smallest absolute Gasteiger partial charge is 0.252 e. The van der Waals surface area contributed by atoms with Gasteiger partial charge >= 0.3 is 0 Å². The van der Waals surface area contributed by atoms with Gasteiger partial charge in [-0.2, -0.15) is 0 Å². The minimum absolute atomic E-state index is 0.198. The molecule has 0 spiro atoms. The predicted octanol–water partition coefficient (Wildman–Crippen LogP) is 2.96. The fraction of sp³-hybridized carbons (Fsp3) is 0.0833. The van der Waals surface area contributed by atoms with Crippen LogP contribution in [-0.2, 0) is 0 Å². The van der Waals surface area contributed by atoms with E-state index >= 15 is 0 Å². The molecule has 0 aliphatic heterocycles. The molecule has 0 saturated carbocycles. The van der Waals surface area contributed by atoms with Crippen LogP contribution >= 0.6 is 11.6 Å². The van der Waals surface area contributed by atoms with Gasteiger partial charge in [-0.15, -0.1) is 0 Å². The van der Waals surface area contributed by atoms with Crippen molar-refractivity contribution in [1.82, 2.24) is 5.32 Å². The number of halogens is 1. The summed E-state index contributed by atoms with van der Waals surface area (Å²) >= 11 is 6.02. The Bertz CT molecular complexity index is 506. The molecule has 0 saturated heterocycles. The Morgan fingerprint density at radius 2 is 2.19 bits per heavy atom. The number of carbonyl (C=O) groups is 1. The van der Waals surface area contributed by atoms with E-state index in [0.29, 0.717) is 10.6 Å². The first kappa shape index (κ1) is 10.8. The number of benzene rings is 1. The van der Waals surface area contributed by atoms with E-state index in [9.17, 15) is 4.79 Å². The van der Waals surface area contributed by atoms with Gasteiger partial charge in [-0.05, 0) is 24.3 Å². The van der Waals surface area contributed by atoms with Crippen LogP contribution in [0.4, 0.5) is 0 Å². The van der Waals surface area contributed by atoms with E-state index in [-0.39, 0.29) is 5.91 Å². The standard InChI is InChI=1S/C12H10ClNO2/c1-14-12(15)9-5-4-8(7-10(9)13)11-3-2-6-16-11/h2-7H,1H3,(H,14,15). The van der Waals surface area contributed by atoms with Crippen LogP contribution in [0.15, 0.2) is 41.0 Å². The third kappa shape index (κ3) is 1.95. The number of hydrogen-bond donors (Lipinski definition) is 1. The fourth-order valence-corrected chi connectivity index (χ4v) is 1.70. The summed E-state index contributed by atoms with van der Waals surface area (Å²) < 4.78 is 5.24. The first-order chi connectivity index (χ1) is 7.72. The highest BCUT2D eigenvalue weighted by atomic mass is 35.5. The number of carbonyl (C=O) groups excluding carboxylic acids is 1. The highest BCUT2D eigenvalue weighted by molar-refractivity contribution is 6.34. The van der Waals surface area contributed by atoms with E-state index in [4.69, 9.17) is 16.0 Å². The van der Waals surface area contributed by atoms with Gasteiger partial charge in [-0.1, -0.05) is 17.7 Å². The Kier molecular flexibility index (Phi) is 2.97. The lowest BCUT2D eigenvalue weighted by Gasteiger charge is -2.04. The summed E-state index contributed by atoms with van der Waals surface area (Å²) in [6.07, 6.45) is 1.59. The van der Waals surface area contributed by atoms with Gasteiger partial charge in [-0.3, -0.25) is 4.79 Å². The largest absolute Gasteiger partial charge is 0.464 e. The van der Waals surface area contributed by atoms with Gasteiger partial charge in [0, 0.05) is 12.6 Å². The second-order valence-corrected chi connectivity index (χ2v) is 3.66. The Labute approximate surface area is 98.0 Å². The van der Waals surface area contributed by atoms with Crippen molar-refractivity contribution in [2.75, 3.05) is 7.05 Å². The van der Waals surface area contributed by atoms with E-state index in [1.165, 1.54) is 0 Å². The Hall–Kier alpha value is -1.74. The zero-order valence-corrected chi connectivity index (χ0v) is 9.41. The molecule has 1 heterocycles. The molecule has 0 aliphatic rings. The molecule has 0 unspecified atom stereocenters. The monoisotopic (exact) mass is 235 g/mol. The SMILES string of the molecule is CNC(=O)c1ccc(-c2ccco2)cc1Cl. The number of nitrogens with one attached hydrogen (secondary N) is 1. The molecule has 0 radical (unpaired) electrons. The number of rotatable bonds is 2. The third-order valence-corrected chi connectivity index (χ3v) is 2.56. The molecule has 0 aliphatic carbocycles. The lowest BCUT2D eigenvalue weighted by atomic mass is 10.1. The summed E-state index contributed by atoms with van der Waals surface area (Å²) in [5.41, 5.74) is 1.31. The molecule has 2 rings (SSSR count). The average Bonchev–Trinajstić information content (AvgIpc) is 2.81. The van der Waals surface area contributed by atoms with Crippen molar-refractivity contribution in [3.63, 3.8) is 0 Å². The molecule has 1 aromatic carbocycles. The lowest BCUT2D eigenvalue weighted by Crippen LogP contribution is -2.18. The van der Waals surface area contributed by atoms with E-state index in [1.807, 2.05) is 6.07 Å². The van der Waals surface area contributed by atoms with Crippen molar-refractivity contribution in [3.05, 3.63) is 47.2 Å². The van der Waals surface area contributed by atoms with Crippen molar-refractivity contribution in [1.29, 1.82) is 0 Å². The molecular formula is C12H10ClNO2. The number of amides is 1. The maximum atomic E-state index is 11.4. The summed E-state index contributed by atoms with van der Waals surface area (Å²) in [5, 5.41) is 2.94. The van der Waals surface area contributed by atoms with E-state index in [1.54, 1.807) is 37.6 Å². The Morgan fingerprint density at radius 3 is 2.75 bits per heavy atom. The first-order valence-corrected chi connectivity index (χ1v) is 5.15. The first-order valence-electron chi connectivity index (χ1n) is 4.78. The van der Waals surface area contributed by atoms with Crippen LogP contribution in [0, 0.1) is 0 Å². The molecule has 82 valence electrons. The summed E-state index contributed by atoms with van der Waals surface area (Å²) in [5.74, 6) is 0.529. The molecule has 3 nitrogen and oxygen atoms in total. The maximum Gasteiger partial charge on any atom is 0.252 e. The fourth-order valence-electron chi connectivity index (χ4n) is 1.43. The normalized spacial score (nSPS) is 10.1. The van der Waals surface area contributed by atoms with Crippen molar-refractivity contribution in [3.8, 4) is 11.3 Å². The quantitative estimate of drug-likeness (QED) is 0.870. The molecule has 16 heavy (non-hydrogen) atoms. The maximum absolute atomic E-state index is 11.4. The number of furan rings is 1. The Balaban J connectivity index is 2.41. The minimum Gasteiger partial charge on any atom is -0.464 e. The molecular weight excluding hydrogens is 226 g/mol. The number of hydrogen-bond acceptors (Lipinski definition) is 2. The molecule has 1 amide bonds. The van der Waals surface area contributed by atoms with Crippen molar-refractivity contribution in [2.45, 2.75) is 0 Å². The highest BCUT2D eigenvalue weighted by Gasteiger charge is 2.10. The molecule has 0 fully saturated rings. The zero-order valence-electron chi connectivity index (χ0n) is 8.66. The van der Waals surface area contributed by atoms with Crippen LogP contribution in [0.25, 0.3) is 11.3 Å². The van der Waals surface area contributed by atoms with Crippen LogP contribution in [-0.4, -0.2) is 13.0 Å². The van der Waals surface area contributed by atoms with Gasteiger partial charge in [0.15, 0.2) is 0 Å². The summed E-state index contributed by atoms with van der Waals surface area (Å²) in [4.78, 5) is 11.4. The predicted molar refractivity (Wildman–Crippen MR) is 62.5 cm³/mol. The van der Waals surface area contributed by atoms with E-state index in [2.05, 4.69) is 5.32 Å². The van der Waals surface area contributed by atoms with Gasteiger partial charge in [-0.25, -0.2) is 0 Å². The molecule has 2 aromatic rings. The van der Waals surface area contributed by atoms with Gasteiger partial charge in [0.25, 0.3) is 5.91 Å². The van der Waals surface area contributed by atoms with Crippen LogP contribution in [0.2, 0.25) is 5.02 Å². The second kappa shape index (κ2) is 4.41. The molecule has 0 bridgehead atoms. The summed E-state index contributed by atoms with van der Waals surface area (Å²) in [7, 11) is 1.57. The van der Waals surface area contributed by atoms with Crippen molar-refractivity contribution < 1.29 is 9.21 Å². The minimum atomic E-state index is -0.198. The van der Waals surface area contributed by atoms with Crippen molar-refractivity contribution in [2.24, 2.45) is 0 Å². The van der Waals surface area contributed by atoms with Gasteiger partial charge in [0.05, 0.1) is 16.8 Å². The van der Waals surface area contributed by atoms with Crippen LogP contribution < -0.4 is 5.32 Å². The van der Waals surface area contributed by atoms with Gasteiger partial charge < -0.3 is 9.73 Å². The third-order valence-electron chi connectivity index (χ3n) is 2.25. The van der Waals surface area contributed by atoms with Crippen LogP contribution in [0.5, 0.6) is 0 Å². The topological polar surface area (TPSA) is 42.2 Å². The summed E-state index contributed by atoms with van der Waals surface area (Å²) in [6.45, 7) is 0. The van der Waals surface area contributed by atoms with Gasteiger partial charge in [0.2, 0.25) is 0 Å². The Morgan fingerprint density at radius 1 is 1.38 bits per heavy atom. The molecule has 4 heteroatoms. The van der Waals surface area contributed by atoms with E-state index < -0.39 is 0 Å². The molecule has 1 N–H and O–H groups in total. The molecule has 1 aromatic heterocycles. The molecule has 0 atom stereocenters. The van der Waals surface area contributed by atoms with Crippen molar-refractivity contribution >= 4 is 17.5 Å². The highest BCUT2D eigenvalue weighted by Crippen LogP contribution is 2.25. The zero-order chi connectivity index (χ0) is 11.5. The van der Waals surface area contributed by atoms with Crippen LogP contribution in [0.1, 0.15) is 10.4 Å². The van der Waals surface area contributed by atoms with Gasteiger partial charge in [0.1, 0.15) is 5.76 Å². The van der Waals surface area contributed by atoms with Crippen LogP contribution in [0.3, 0.4) is 0 Å². The lowest BCUT2D eigenvalue weighted by molar-refractivity contribution is 0.0963.